The molecule has 0 heterocycles. The van der Waals surface area contributed by atoms with Gasteiger partial charge < -0.3 is 30.2 Å². The fraction of sp³-hybridized carbons (Fsp3) is 0.556. The molecule has 1 aromatic rings. The quantitative estimate of drug-likeness (QED) is 0.141. The number of nitrogens with one attached hydrogen (secondary N) is 3. The van der Waals surface area contributed by atoms with Crippen molar-refractivity contribution in [3.05, 3.63) is 34.9 Å². The zero-order valence-electron chi connectivity index (χ0n) is 22.9. The van der Waals surface area contributed by atoms with Gasteiger partial charge in [0.1, 0.15) is 0 Å². The topological polar surface area (TPSA) is 166 Å². The third-order valence-electron chi connectivity index (χ3n) is 5.17. The Morgan fingerprint density at radius 1 is 0.513 bits per heavy atom. The maximum atomic E-state index is 12.8. The van der Waals surface area contributed by atoms with Gasteiger partial charge in [0.25, 0.3) is 17.7 Å². The molecule has 0 bridgehead atoms. The number of ether oxygens (including phenoxy) is 3. The molecule has 3 amide bonds. The largest absolute Gasteiger partial charge is 0.466 e. The summed E-state index contributed by atoms with van der Waals surface area (Å²) in [6.07, 6.45) is 1.50. The zero-order chi connectivity index (χ0) is 29.0. The molecule has 0 atom stereocenters. The Balaban J connectivity index is 2.87. The molecular formula is C27H39N3O9. The van der Waals surface area contributed by atoms with E-state index in [-0.39, 0.29) is 93.3 Å². The van der Waals surface area contributed by atoms with Crippen LogP contribution in [0.4, 0.5) is 0 Å². The third-order valence-corrected chi connectivity index (χ3v) is 5.17. The summed E-state index contributed by atoms with van der Waals surface area (Å²) in [5, 5.41) is 8.01. The molecule has 0 aromatic heterocycles. The van der Waals surface area contributed by atoms with Crippen molar-refractivity contribution in [1.29, 1.82) is 0 Å². The van der Waals surface area contributed by atoms with Crippen LogP contribution in [0, 0.1) is 0 Å². The Morgan fingerprint density at radius 3 is 1.00 bits per heavy atom. The zero-order valence-corrected chi connectivity index (χ0v) is 22.9. The Labute approximate surface area is 228 Å². The van der Waals surface area contributed by atoms with Gasteiger partial charge in [0.2, 0.25) is 0 Å². The second-order valence-corrected chi connectivity index (χ2v) is 8.29. The van der Waals surface area contributed by atoms with E-state index < -0.39 is 17.7 Å². The van der Waals surface area contributed by atoms with Gasteiger partial charge in [0.15, 0.2) is 0 Å². The van der Waals surface area contributed by atoms with Gasteiger partial charge in [-0.05, 0) is 58.2 Å². The van der Waals surface area contributed by atoms with Crippen molar-refractivity contribution >= 4 is 35.6 Å². The van der Waals surface area contributed by atoms with Gasteiger partial charge in [0.05, 0.1) is 19.8 Å². The number of amides is 3. The van der Waals surface area contributed by atoms with Gasteiger partial charge in [-0.15, -0.1) is 0 Å². The van der Waals surface area contributed by atoms with Crippen molar-refractivity contribution in [3.63, 3.8) is 0 Å². The standard InChI is InChI=1S/C27H39N3O9/c1-4-37-22(31)10-7-13-28-25(34)19-16-20(26(35)29-14-8-11-23(32)38-5-2)18-21(17-19)27(36)30-15-9-12-24(33)39-6-3/h16-18H,4-15H2,1-3H3,(H,28,34)(H,29,35)(H,30,36). The van der Waals surface area contributed by atoms with E-state index in [4.69, 9.17) is 14.2 Å². The molecule has 0 fully saturated rings. The van der Waals surface area contributed by atoms with Crippen LogP contribution >= 0.6 is 0 Å². The first-order valence-corrected chi connectivity index (χ1v) is 13.2. The van der Waals surface area contributed by atoms with E-state index in [1.165, 1.54) is 18.2 Å². The lowest BCUT2D eigenvalue weighted by atomic mass is 10.0. The average molecular weight is 550 g/mol. The SMILES string of the molecule is CCOC(=O)CCCNC(=O)c1cc(C(=O)NCCCC(=O)OCC)cc(C(=O)NCCCC(=O)OCC)c1. The smallest absolute Gasteiger partial charge is 0.305 e. The number of rotatable bonds is 18. The molecule has 39 heavy (non-hydrogen) atoms. The van der Waals surface area contributed by atoms with Crippen molar-refractivity contribution in [3.8, 4) is 0 Å². The maximum Gasteiger partial charge on any atom is 0.305 e. The lowest BCUT2D eigenvalue weighted by molar-refractivity contribution is -0.144. The van der Waals surface area contributed by atoms with E-state index in [0.29, 0.717) is 19.3 Å². The second kappa shape index (κ2) is 19.2. The maximum absolute atomic E-state index is 12.8. The monoisotopic (exact) mass is 549 g/mol. The first kappa shape index (κ1) is 33.1. The average Bonchev–Trinajstić information content (AvgIpc) is 2.91. The Morgan fingerprint density at radius 2 is 0.769 bits per heavy atom. The minimum atomic E-state index is -0.521. The number of carbonyl (C=O) groups is 6. The van der Waals surface area contributed by atoms with Gasteiger partial charge >= 0.3 is 17.9 Å². The molecule has 0 aliphatic heterocycles. The van der Waals surface area contributed by atoms with Crippen LogP contribution in [0.5, 0.6) is 0 Å². The van der Waals surface area contributed by atoms with Crippen molar-refractivity contribution < 1.29 is 43.0 Å². The van der Waals surface area contributed by atoms with Crippen LogP contribution in [0.2, 0.25) is 0 Å². The first-order valence-electron chi connectivity index (χ1n) is 13.2. The fourth-order valence-electron chi connectivity index (χ4n) is 3.33. The van der Waals surface area contributed by atoms with E-state index >= 15 is 0 Å². The van der Waals surface area contributed by atoms with E-state index in [1.807, 2.05) is 0 Å². The summed E-state index contributed by atoms with van der Waals surface area (Å²) in [5.41, 5.74) is 0.256. The number of benzene rings is 1. The van der Waals surface area contributed by atoms with Gasteiger partial charge in [-0.3, -0.25) is 28.8 Å². The highest BCUT2D eigenvalue weighted by Crippen LogP contribution is 2.12. The molecule has 0 aliphatic rings. The summed E-state index contributed by atoms with van der Waals surface area (Å²) < 4.78 is 14.6. The highest BCUT2D eigenvalue weighted by molar-refractivity contribution is 6.04. The molecule has 0 radical (unpaired) electrons. The summed E-state index contributed by atoms with van der Waals surface area (Å²) in [6.45, 7) is 6.52. The molecule has 1 rings (SSSR count). The van der Waals surface area contributed by atoms with Gasteiger partial charge in [0, 0.05) is 55.6 Å². The van der Waals surface area contributed by atoms with Crippen LogP contribution in [-0.4, -0.2) is 75.1 Å². The van der Waals surface area contributed by atoms with E-state index in [0.717, 1.165) is 0 Å². The summed E-state index contributed by atoms with van der Waals surface area (Å²) >= 11 is 0. The van der Waals surface area contributed by atoms with Gasteiger partial charge in [-0.2, -0.15) is 0 Å². The number of hydrogen-bond acceptors (Lipinski definition) is 9. The molecule has 216 valence electrons. The van der Waals surface area contributed by atoms with E-state index in [1.54, 1.807) is 20.8 Å². The molecule has 0 saturated heterocycles. The minimum absolute atomic E-state index is 0.0852. The summed E-state index contributed by atoms with van der Waals surface area (Å²) in [4.78, 5) is 72.7. The Kier molecular flexibility index (Phi) is 16.2. The number of hydrogen-bond donors (Lipinski definition) is 3. The molecule has 0 unspecified atom stereocenters. The summed E-state index contributed by atoms with van der Waals surface area (Å²) in [6, 6.07) is 4.08. The molecule has 1 aromatic carbocycles. The molecular weight excluding hydrogens is 510 g/mol. The number of carbonyl (C=O) groups excluding carboxylic acids is 6. The van der Waals surface area contributed by atoms with Crippen LogP contribution in [0.15, 0.2) is 18.2 Å². The van der Waals surface area contributed by atoms with Crippen molar-refractivity contribution in [2.24, 2.45) is 0 Å². The van der Waals surface area contributed by atoms with E-state index in [2.05, 4.69) is 16.0 Å². The van der Waals surface area contributed by atoms with Crippen LogP contribution in [0.3, 0.4) is 0 Å². The van der Waals surface area contributed by atoms with Crippen molar-refractivity contribution in [1.82, 2.24) is 16.0 Å². The third kappa shape index (κ3) is 14.0. The van der Waals surface area contributed by atoms with Crippen LogP contribution < -0.4 is 16.0 Å². The lowest BCUT2D eigenvalue weighted by Gasteiger charge is -2.12. The highest BCUT2D eigenvalue weighted by atomic mass is 16.5. The Bertz CT molecular complexity index is 859. The molecule has 3 N–H and O–H groups in total. The van der Waals surface area contributed by atoms with E-state index in [9.17, 15) is 28.8 Å². The minimum Gasteiger partial charge on any atom is -0.466 e. The Hall–Kier alpha value is -3.96. The molecule has 0 saturated carbocycles. The van der Waals surface area contributed by atoms with Gasteiger partial charge in [-0.1, -0.05) is 0 Å². The summed E-state index contributed by atoms with van der Waals surface area (Å²) in [5.74, 6) is -2.66. The highest BCUT2D eigenvalue weighted by Gasteiger charge is 2.17. The van der Waals surface area contributed by atoms with Crippen LogP contribution in [-0.2, 0) is 28.6 Å². The normalized spacial score (nSPS) is 10.2. The van der Waals surface area contributed by atoms with Gasteiger partial charge in [-0.25, -0.2) is 0 Å². The molecule has 12 nitrogen and oxygen atoms in total. The second-order valence-electron chi connectivity index (χ2n) is 8.29. The predicted molar refractivity (Wildman–Crippen MR) is 141 cm³/mol. The number of esters is 3. The first-order chi connectivity index (χ1) is 18.7. The summed E-state index contributed by atoms with van der Waals surface area (Å²) in [7, 11) is 0. The molecule has 0 aliphatic carbocycles. The fourth-order valence-corrected chi connectivity index (χ4v) is 3.33. The predicted octanol–water partition coefficient (Wildman–Crippen LogP) is 1.91. The van der Waals surface area contributed by atoms with Crippen LogP contribution in [0.1, 0.15) is 90.4 Å². The van der Waals surface area contributed by atoms with Crippen molar-refractivity contribution in [2.75, 3.05) is 39.5 Å². The lowest BCUT2D eigenvalue weighted by Crippen LogP contribution is -2.29. The van der Waals surface area contributed by atoms with Crippen molar-refractivity contribution in [2.45, 2.75) is 59.3 Å². The molecule has 0 spiro atoms. The van der Waals surface area contributed by atoms with Crippen LogP contribution in [0.25, 0.3) is 0 Å². The molecule has 12 heteroatoms.